The van der Waals surface area contributed by atoms with Gasteiger partial charge in [0, 0.05) is 18.8 Å². The molecule has 1 aromatic carbocycles. The van der Waals surface area contributed by atoms with Gasteiger partial charge in [0.2, 0.25) is 0 Å². The van der Waals surface area contributed by atoms with Crippen molar-refractivity contribution in [2.24, 2.45) is 0 Å². The van der Waals surface area contributed by atoms with E-state index in [9.17, 15) is 0 Å². The van der Waals surface area contributed by atoms with Crippen LogP contribution in [0.1, 0.15) is 18.9 Å². The van der Waals surface area contributed by atoms with E-state index in [1.807, 2.05) is 0 Å². The Morgan fingerprint density at radius 2 is 2.21 bits per heavy atom. The van der Waals surface area contributed by atoms with Crippen molar-refractivity contribution in [1.82, 2.24) is 0 Å². The highest BCUT2D eigenvalue weighted by atomic mass is 16.5. The van der Waals surface area contributed by atoms with Gasteiger partial charge in [-0.1, -0.05) is 19.1 Å². The van der Waals surface area contributed by atoms with Crippen LogP contribution >= 0.6 is 0 Å². The average Bonchev–Trinajstić information content (AvgIpc) is 2.17. The summed E-state index contributed by atoms with van der Waals surface area (Å²) in [5.41, 5.74) is 2.45. The van der Waals surface area contributed by atoms with Crippen molar-refractivity contribution in [3.63, 3.8) is 0 Å². The maximum absolute atomic E-state index is 5.13. The zero-order chi connectivity index (χ0) is 10.4. The van der Waals surface area contributed by atoms with Crippen LogP contribution in [0.15, 0.2) is 24.3 Å². The van der Waals surface area contributed by atoms with Crippen molar-refractivity contribution in [2.75, 3.05) is 19.0 Å². The summed E-state index contributed by atoms with van der Waals surface area (Å²) >= 11 is 0. The first-order chi connectivity index (χ1) is 6.76. The quantitative estimate of drug-likeness (QED) is 0.776. The molecule has 78 valence electrons. The van der Waals surface area contributed by atoms with Crippen molar-refractivity contribution in [2.45, 2.75) is 26.3 Å². The predicted molar refractivity (Wildman–Crippen MR) is 60.8 cm³/mol. The number of benzene rings is 1. The van der Waals surface area contributed by atoms with Crippen molar-refractivity contribution in [1.29, 1.82) is 0 Å². The number of hydrogen-bond acceptors (Lipinski definition) is 2. The normalized spacial score (nSPS) is 12.5. The minimum atomic E-state index is 0.404. The molecule has 0 heterocycles. The van der Waals surface area contributed by atoms with E-state index in [1.165, 1.54) is 11.3 Å². The number of methoxy groups -OCH3 is 1. The van der Waals surface area contributed by atoms with Crippen LogP contribution in [0, 0.1) is 6.92 Å². The van der Waals surface area contributed by atoms with Crippen LogP contribution in [-0.2, 0) is 4.74 Å². The van der Waals surface area contributed by atoms with Gasteiger partial charge in [0.15, 0.2) is 0 Å². The fourth-order valence-electron chi connectivity index (χ4n) is 1.43. The molecule has 0 fully saturated rings. The topological polar surface area (TPSA) is 21.3 Å². The molecule has 1 unspecified atom stereocenters. The van der Waals surface area contributed by atoms with E-state index in [2.05, 4.69) is 43.4 Å². The first-order valence-electron chi connectivity index (χ1n) is 5.08. The Bertz CT molecular complexity index is 273. The Morgan fingerprint density at radius 3 is 2.79 bits per heavy atom. The van der Waals surface area contributed by atoms with Gasteiger partial charge in [-0.2, -0.15) is 0 Å². The van der Waals surface area contributed by atoms with E-state index < -0.39 is 0 Å². The summed E-state index contributed by atoms with van der Waals surface area (Å²) in [6.45, 7) is 5.01. The Morgan fingerprint density at radius 1 is 1.43 bits per heavy atom. The van der Waals surface area contributed by atoms with Crippen molar-refractivity contribution >= 4 is 5.69 Å². The average molecular weight is 193 g/mol. The molecule has 2 nitrogen and oxygen atoms in total. The zero-order valence-corrected chi connectivity index (χ0v) is 9.21. The largest absolute Gasteiger partial charge is 0.383 e. The lowest BCUT2D eigenvalue weighted by atomic mass is 10.2. The van der Waals surface area contributed by atoms with Crippen LogP contribution < -0.4 is 5.32 Å². The Kier molecular flexibility index (Phi) is 4.47. The summed E-state index contributed by atoms with van der Waals surface area (Å²) in [7, 11) is 1.74. The second kappa shape index (κ2) is 5.66. The Labute approximate surface area is 86.3 Å². The number of hydrogen-bond donors (Lipinski definition) is 1. The summed E-state index contributed by atoms with van der Waals surface area (Å²) in [5.74, 6) is 0. The molecule has 0 spiro atoms. The molecule has 0 aliphatic heterocycles. The third-order valence-electron chi connectivity index (χ3n) is 2.25. The molecule has 1 rings (SSSR count). The molecule has 2 heteroatoms. The van der Waals surface area contributed by atoms with Gasteiger partial charge in [0.25, 0.3) is 0 Å². The van der Waals surface area contributed by atoms with E-state index in [-0.39, 0.29) is 0 Å². The number of nitrogens with one attached hydrogen (secondary N) is 1. The van der Waals surface area contributed by atoms with Crippen LogP contribution in [0.2, 0.25) is 0 Å². The lowest BCUT2D eigenvalue weighted by molar-refractivity contribution is 0.184. The van der Waals surface area contributed by atoms with Gasteiger partial charge < -0.3 is 10.1 Å². The second-order valence-electron chi connectivity index (χ2n) is 3.57. The molecular formula is C12H19NO. The number of aryl methyl sites for hydroxylation is 1. The molecular weight excluding hydrogens is 174 g/mol. The summed E-state index contributed by atoms with van der Waals surface area (Å²) in [6.07, 6.45) is 1.07. The first-order valence-corrected chi connectivity index (χ1v) is 5.08. The highest BCUT2D eigenvalue weighted by molar-refractivity contribution is 5.46. The van der Waals surface area contributed by atoms with Gasteiger partial charge in [0.1, 0.15) is 0 Å². The standard InChI is InChI=1S/C12H19NO/c1-4-11(9-14-3)13-12-7-5-6-10(2)8-12/h5-8,11,13H,4,9H2,1-3H3. The van der Waals surface area contributed by atoms with Gasteiger partial charge in [-0.3, -0.25) is 0 Å². The predicted octanol–water partition coefficient (Wildman–Crippen LogP) is 2.83. The third kappa shape index (κ3) is 3.38. The van der Waals surface area contributed by atoms with Crippen LogP contribution in [0.3, 0.4) is 0 Å². The first kappa shape index (κ1) is 11.1. The summed E-state index contributed by atoms with van der Waals surface area (Å²) in [5, 5.41) is 3.45. The molecule has 0 aliphatic carbocycles. The maximum Gasteiger partial charge on any atom is 0.0663 e. The van der Waals surface area contributed by atoms with Crippen molar-refractivity contribution in [3.05, 3.63) is 29.8 Å². The Balaban J connectivity index is 2.57. The van der Waals surface area contributed by atoms with Crippen LogP contribution in [0.4, 0.5) is 5.69 Å². The molecule has 14 heavy (non-hydrogen) atoms. The minimum absolute atomic E-state index is 0.404. The molecule has 0 aliphatic rings. The number of ether oxygens (including phenoxy) is 1. The van der Waals surface area contributed by atoms with Crippen molar-refractivity contribution in [3.8, 4) is 0 Å². The molecule has 0 amide bonds. The summed E-state index contributed by atoms with van der Waals surface area (Å²) in [6, 6.07) is 8.81. The van der Waals surface area contributed by atoms with Gasteiger partial charge in [-0.15, -0.1) is 0 Å². The molecule has 0 saturated heterocycles. The summed E-state index contributed by atoms with van der Waals surface area (Å²) < 4.78 is 5.13. The molecule has 1 N–H and O–H groups in total. The SMILES string of the molecule is CCC(COC)Nc1cccc(C)c1. The highest BCUT2D eigenvalue weighted by Gasteiger charge is 2.04. The van der Waals surface area contributed by atoms with Crippen LogP contribution in [-0.4, -0.2) is 19.8 Å². The summed E-state index contributed by atoms with van der Waals surface area (Å²) in [4.78, 5) is 0. The Hall–Kier alpha value is -1.02. The number of rotatable bonds is 5. The molecule has 1 atom stereocenters. The smallest absolute Gasteiger partial charge is 0.0663 e. The van der Waals surface area contributed by atoms with E-state index in [0.717, 1.165) is 13.0 Å². The van der Waals surface area contributed by atoms with E-state index in [0.29, 0.717) is 6.04 Å². The van der Waals surface area contributed by atoms with Gasteiger partial charge in [-0.05, 0) is 31.0 Å². The molecule has 0 radical (unpaired) electrons. The van der Waals surface area contributed by atoms with Gasteiger partial charge >= 0.3 is 0 Å². The molecule has 1 aromatic rings. The lowest BCUT2D eigenvalue weighted by Crippen LogP contribution is -2.23. The monoisotopic (exact) mass is 193 g/mol. The molecule has 0 bridgehead atoms. The maximum atomic E-state index is 5.13. The van der Waals surface area contributed by atoms with E-state index >= 15 is 0 Å². The van der Waals surface area contributed by atoms with Crippen LogP contribution in [0.5, 0.6) is 0 Å². The number of anilines is 1. The fourth-order valence-corrected chi connectivity index (χ4v) is 1.43. The second-order valence-corrected chi connectivity index (χ2v) is 3.57. The van der Waals surface area contributed by atoms with Gasteiger partial charge in [-0.25, -0.2) is 0 Å². The third-order valence-corrected chi connectivity index (χ3v) is 2.25. The molecule has 0 saturated carbocycles. The van der Waals surface area contributed by atoms with Crippen LogP contribution in [0.25, 0.3) is 0 Å². The van der Waals surface area contributed by atoms with E-state index in [4.69, 9.17) is 4.74 Å². The van der Waals surface area contributed by atoms with E-state index in [1.54, 1.807) is 7.11 Å². The lowest BCUT2D eigenvalue weighted by Gasteiger charge is -2.17. The highest BCUT2D eigenvalue weighted by Crippen LogP contribution is 2.11. The minimum Gasteiger partial charge on any atom is -0.383 e. The van der Waals surface area contributed by atoms with Crippen molar-refractivity contribution < 1.29 is 4.74 Å². The molecule has 0 aromatic heterocycles. The van der Waals surface area contributed by atoms with Gasteiger partial charge in [0.05, 0.1) is 6.61 Å². The fraction of sp³-hybridized carbons (Fsp3) is 0.500. The zero-order valence-electron chi connectivity index (χ0n) is 9.21.